The fraction of sp³-hybridized carbons (Fsp3) is 0.500. The number of fused-ring (bicyclic) bond motifs is 1. The van der Waals surface area contributed by atoms with E-state index in [9.17, 15) is 0 Å². The maximum Gasteiger partial charge on any atom is 0.243 e. The first-order valence-electron chi connectivity index (χ1n) is 6.47. The Kier molecular flexibility index (Phi) is 3.95. The standard InChI is InChI=1S/C14H20N4O/c1-14(2,3)12(8-9-19)16-13-15-10-6-4-5-7-11(10)17-18-13/h4-7,12,19H,8-9H2,1-3H3,(H,15,16,18). The number of nitrogens with one attached hydrogen (secondary N) is 1. The molecule has 1 heterocycles. The van der Waals surface area contributed by atoms with Crippen molar-refractivity contribution in [1.29, 1.82) is 0 Å². The molecule has 0 saturated carbocycles. The van der Waals surface area contributed by atoms with Crippen LogP contribution in [-0.2, 0) is 0 Å². The monoisotopic (exact) mass is 260 g/mol. The van der Waals surface area contributed by atoms with Crippen LogP contribution in [0.25, 0.3) is 11.0 Å². The molecule has 0 aliphatic carbocycles. The van der Waals surface area contributed by atoms with Crippen molar-refractivity contribution >= 4 is 17.0 Å². The molecule has 0 aliphatic rings. The first kappa shape index (κ1) is 13.7. The lowest BCUT2D eigenvalue weighted by atomic mass is 9.85. The van der Waals surface area contributed by atoms with E-state index in [0.29, 0.717) is 12.4 Å². The molecule has 2 rings (SSSR count). The number of rotatable bonds is 4. The van der Waals surface area contributed by atoms with E-state index >= 15 is 0 Å². The Balaban J connectivity index is 2.23. The molecular weight excluding hydrogens is 240 g/mol. The molecule has 102 valence electrons. The lowest BCUT2D eigenvalue weighted by Gasteiger charge is -2.30. The first-order valence-corrected chi connectivity index (χ1v) is 6.47. The van der Waals surface area contributed by atoms with E-state index in [-0.39, 0.29) is 18.1 Å². The number of hydrogen-bond donors (Lipinski definition) is 2. The highest BCUT2D eigenvalue weighted by molar-refractivity contribution is 5.74. The largest absolute Gasteiger partial charge is 0.396 e. The fourth-order valence-corrected chi connectivity index (χ4v) is 1.95. The summed E-state index contributed by atoms with van der Waals surface area (Å²) in [6.45, 7) is 6.49. The molecule has 0 bridgehead atoms. The van der Waals surface area contributed by atoms with Crippen LogP contribution in [0, 0.1) is 5.41 Å². The highest BCUT2D eigenvalue weighted by Crippen LogP contribution is 2.24. The molecule has 0 saturated heterocycles. The molecule has 1 aromatic carbocycles. The van der Waals surface area contributed by atoms with Gasteiger partial charge < -0.3 is 10.4 Å². The average Bonchev–Trinajstić information content (AvgIpc) is 2.37. The van der Waals surface area contributed by atoms with E-state index in [2.05, 4.69) is 41.3 Å². The van der Waals surface area contributed by atoms with Gasteiger partial charge in [-0.3, -0.25) is 0 Å². The van der Waals surface area contributed by atoms with Crippen LogP contribution < -0.4 is 5.32 Å². The van der Waals surface area contributed by atoms with E-state index in [1.165, 1.54) is 0 Å². The van der Waals surface area contributed by atoms with E-state index < -0.39 is 0 Å². The Morgan fingerprint density at radius 3 is 2.47 bits per heavy atom. The highest BCUT2D eigenvalue weighted by Gasteiger charge is 2.24. The summed E-state index contributed by atoms with van der Waals surface area (Å²) >= 11 is 0. The summed E-state index contributed by atoms with van der Waals surface area (Å²) in [5.74, 6) is 0.507. The van der Waals surface area contributed by atoms with Crippen molar-refractivity contribution < 1.29 is 5.11 Å². The Bertz CT molecular complexity index is 550. The summed E-state index contributed by atoms with van der Waals surface area (Å²) in [6, 6.07) is 7.73. The van der Waals surface area contributed by atoms with Crippen molar-refractivity contribution in [2.24, 2.45) is 5.41 Å². The Labute approximate surface area is 113 Å². The summed E-state index contributed by atoms with van der Waals surface area (Å²) < 4.78 is 0. The second-order valence-corrected chi connectivity index (χ2v) is 5.70. The molecule has 0 aliphatic heterocycles. The number of benzene rings is 1. The SMILES string of the molecule is CC(C)(C)C(CCO)Nc1nnc2ccccc2n1. The van der Waals surface area contributed by atoms with Crippen molar-refractivity contribution in [1.82, 2.24) is 15.2 Å². The van der Waals surface area contributed by atoms with Gasteiger partial charge in [0.1, 0.15) is 5.52 Å². The minimum absolute atomic E-state index is 0.0116. The number of aliphatic hydroxyl groups excluding tert-OH is 1. The number of hydrogen-bond acceptors (Lipinski definition) is 5. The normalized spacial score (nSPS) is 13.5. The van der Waals surface area contributed by atoms with Crippen molar-refractivity contribution in [2.75, 3.05) is 11.9 Å². The van der Waals surface area contributed by atoms with Gasteiger partial charge in [0.2, 0.25) is 5.95 Å². The zero-order valence-corrected chi connectivity index (χ0v) is 11.6. The third kappa shape index (κ3) is 3.38. The van der Waals surface area contributed by atoms with Crippen LogP contribution in [0.4, 0.5) is 5.95 Å². The van der Waals surface area contributed by atoms with Gasteiger partial charge in [-0.2, -0.15) is 0 Å². The lowest BCUT2D eigenvalue weighted by molar-refractivity contribution is 0.234. The van der Waals surface area contributed by atoms with E-state index in [1.807, 2.05) is 24.3 Å². The van der Waals surface area contributed by atoms with E-state index in [1.54, 1.807) is 0 Å². The van der Waals surface area contributed by atoms with Crippen molar-refractivity contribution in [3.8, 4) is 0 Å². The number of anilines is 1. The molecule has 0 radical (unpaired) electrons. The molecule has 1 atom stereocenters. The molecule has 0 fully saturated rings. The summed E-state index contributed by atoms with van der Waals surface area (Å²) in [6.07, 6.45) is 0.652. The van der Waals surface area contributed by atoms with Crippen LogP contribution >= 0.6 is 0 Å². The van der Waals surface area contributed by atoms with Crippen LogP contribution in [0.1, 0.15) is 27.2 Å². The molecule has 2 aromatic rings. The molecule has 19 heavy (non-hydrogen) atoms. The summed E-state index contributed by atoms with van der Waals surface area (Å²) in [5.41, 5.74) is 1.61. The van der Waals surface area contributed by atoms with Gasteiger partial charge in [-0.1, -0.05) is 32.9 Å². The highest BCUT2D eigenvalue weighted by atomic mass is 16.3. The van der Waals surface area contributed by atoms with Gasteiger partial charge in [-0.25, -0.2) is 4.98 Å². The van der Waals surface area contributed by atoms with Crippen LogP contribution in [0.2, 0.25) is 0 Å². The summed E-state index contributed by atoms with van der Waals surface area (Å²) in [7, 11) is 0. The second-order valence-electron chi connectivity index (χ2n) is 5.70. The number of para-hydroxylation sites is 1. The molecule has 5 heteroatoms. The van der Waals surface area contributed by atoms with Gasteiger partial charge in [0, 0.05) is 12.6 Å². The van der Waals surface area contributed by atoms with Gasteiger partial charge >= 0.3 is 0 Å². The van der Waals surface area contributed by atoms with Gasteiger partial charge in [-0.05, 0) is 24.0 Å². The molecule has 5 nitrogen and oxygen atoms in total. The van der Waals surface area contributed by atoms with Crippen LogP contribution in [0.3, 0.4) is 0 Å². The molecule has 2 N–H and O–H groups in total. The Morgan fingerprint density at radius 2 is 1.84 bits per heavy atom. The predicted octanol–water partition coefficient (Wildman–Crippen LogP) is 2.23. The zero-order valence-electron chi connectivity index (χ0n) is 11.6. The predicted molar refractivity (Wildman–Crippen MR) is 75.9 cm³/mol. The minimum Gasteiger partial charge on any atom is -0.396 e. The smallest absolute Gasteiger partial charge is 0.243 e. The average molecular weight is 260 g/mol. The van der Waals surface area contributed by atoms with Crippen LogP contribution in [-0.4, -0.2) is 32.9 Å². The third-order valence-corrected chi connectivity index (χ3v) is 3.13. The number of aliphatic hydroxyl groups is 1. The molecule has 0 spiro atoms. The molecule has 1 aromatic heterocycles. The van der Waals surface area contributed by atoms with Crippen molar-refractivity contribution in [2.45, 2.75) is 33.2 Å². The zero-order chi connectivity index (χ0) is 13.9. The van der Waals surface area contributed by atoms with Gasteiger partial charge in [0.15, 0.2) is 0 Å². The van der Waals surface area contributed by atoms with Crippen molar-refractivity contribution in [3.05, 3.63) is 24.3 Å². The van der Waals surface area contributed by atoms with Gasteiger partial charge in [0.05, 0.1) is 5.52 Å². The van der Waals surface area contributed by atoms with Crippen LogP contribution in [0.5, 0.6) is 0 Å². The topological polar surface area (TPSA) is 70.9 Å². The quantitative estimate of drug-likeness (QED) is 0.882. The summed E-state index contributed by atoms with van der Waals surface area (Å²) in [5, 5.41) is 20.6. The first-order chi connectivity index (χ1) is 9.00. The Hall–Kier alpha value is -1.75. The van der Waals surface area contributed by atoms with Gasteiger partial charge in [-0.15, -0.1) is 10.2 Å². The molecule has 1 unspecified atom stereocenters. The number of nitrogens with zero attached hydrogens (tertiary/aromatic N) is 3. The van der Waals surface area contributed by atoms with E-state index in [4.69, 9.17) is 5.11 Å². The third-order valence-electron chi connectivity index (χ3n) is 3.13. The maximum atomic E-state index is 9.15. The fourth-order valence-electron chi connectivity index (χ4n) is 1.95. The summed E-state index contributed by atoms with van der Waals surface area (Å²) in [4.78, 5) is 4.44. The van der Waals surface area contributed by atoms with Gasteiger partial charge in [0.25, 0.3) is 0 Å². The molecular formula is C14H20N4O. The van der Waals surface area contributed by atoms with Crippen molar-refractivity contribution in [3.63, 3.8) is 0 Å². The lowest BCUT2D eigenvalue weighted by Crippen LogP contribution is -2.35. The second kappa shape index (κ2) is 5.48. The Morgan fingerprint density at radius 1 is 1.16 bits per heavy atom. The maximum absolute atomic E-state index is 9.15. The molecule has 0 amide bonds. The minimum atomic E-state index is 0.0116. The number of aromatic nitrogens is 3. The van der Waals surface area contributed by atoms with E-state index in [0.717, 1.165) is 11.0 Å². The van der Waals surface area contributed by atoms with Crippen LogP contribution in [0.15, 0.2) is 24.3 Å².